The number of aromatic nitrogens is 3. The number of halogens is 1. The molecule has 0 saturated carbocycles. The normalized spacial score (nSPS) is 19.5. The SMILES string of the molecule is C[C@@H](Sc1nnc(Cc2ccccc2F)n1N)C(=O)N(C)[C@@H]1CCS(=O)(=O)C1. The van der Waals surface area contributed by atoms with Crippen LogP contribution in [0.4, 0.5) is 4.39 Å². The van der Waals surface area contributed by atoms with E-state index >= 15 is 0 Å². The van der Waals surface area contributed by atoms with Gasteiger partial charge in [0, 0.05) is 19.5 Å². The van der Waals surface area contributed by atoms with Crippen LogP contribution in [0.5, 0.6) is 0 Å². The van der Waals surface area contributed by atoms with E-state index in [1.54, 1.807) is 32.2 Å². The molecule has 2 atom stereocenters. The molecular formula is C17H22FN5O3S2. The fourth-order valence-corrected chi connectivity index (χ4v) is 5.74. The Bertz CT molecular complexity index is 979. The molecule has 1 amide bonds. The standard InChI is InChI=1S/C17H22FN5O3S2/c1-11(16(24)22(2)13-7-8-28(25,26)10-13)27-17-21-20-15(23(17)19)9-12-5-3-4-6-14(12)18/h3-6,11,13H,7-10,19H2,1-2H3/t11-,13-/m1/s1. The zero-order valence-corrected chi connectivity index (χ0v) is 17.2. The number of nitrogens with zero attached hydrogens (tertiary/aromatic N) is 4. The van der Waals surface area contributed by atoms with Crippen LogP contribution in [-0.2, 0) is 21.1 Å². The van der Waals surface area contributed by atoms with E-state index in [9.17, 15) is 17.6 Å². The molecule has 2 heterocycles. The Morgan fingerprint density at radius 2 is 2.14 bits per heavy atom. The average Bonchev–Trinajstić information content (AvgIpc) is 3.18. The Labute approximate surface area is 167 Å². The fraction of sp³-hybridized carbons (Fsp3) is 0.471. The maximum absolute atomic E-state index is 13.8. The maximum Gasteiger partial charge on any atom is 0.235 e. The summed E-state index contributed by atoms with van der Waals surface area (Å²) in [5.74, 6) is 5.95. The summed E-state index contributed by atoms with van der Waals surface area (Å²) in [7, 11) is -1.46. The Morgan fingerprint density at radius 3 is 2.79 bits per heavy atom. The number of carbonyl (C=O) groups excluding carboxylic acids is 1. The van der Waals surface area contributed by atoms with Gasteiger partial charge in [-0.1, -0.05) is 30.0 Å². The van der Waals surface area contributed by atoms with E-state index in [4.69, 9.17) is 5.84 Å². The van der Waals surface area contributed by atoms with Gasteiger partial charge in [-0.05, 0) is 25.0 Å². The van der Waals surface area contributed by atoms with E-state index in [0.717, 1.165) is 11.8 Å². The lowest BCUT2D eigenvalue weighted by Gasteiger charge is -2.26. The molecule has 1 aliphatic heterocycles. The van der Waals surface area contributed by atoms with Crippen molar-refractivity contribution in [1.29, 1.82) is 0 Å². The van der Waals surface area contributed by atoms with Crippen molar-refractivity contribution in [3.05, 3.63) is 41.5 Å². The first-order valence-corrected chi connectivity index (χ1v) is 11.4. The predicted octanol–water partition coefficient (Wildman–Crippen LogP) is 0.848. The smallest absolute Gasteiger partial charge is 0.235 e. The van der Waals surface area contributed by atoms with Crippen LogP contribution in [0.3, 0.4) is 0 Å². The number of hydrogen-bond acceptors (Lipinski definition) is 7. The van der Waals surface area contributed by atoms with E-state index in [2.05, 4.69) is 10.2 Å². The van der Waals surface area contributed by atoms with Gasteiger partial charge >= 0.3 is 0 Å². The minimum absolute atomic E-state index is 0.00745. The number of hydrogen-bond donors (Lipinski definition) is 1. The van der Waals surface area contributed by atoms with Gasteiger partial charge in [0.15, 0.2) is 15.7 Å². The first-order valence-electron chi connectivity index (χ1n) is 8.74. The van der Waals surface area contributed by atoms with Gasteiger partial charge in [-0.3, -0.25) is 4.79 Å². The minimum Gasteiger partial charge on any atom is -0.341 e. The summed E-state index contributed by atoms with van der Waals surface area (Å²) >= 11 is 1.13. The molecule has 152 valence electrons. The van der Waals surface area contributed by atoms with E-state index in [1.807, 2.05) is 0 Å². The molecule has 2 N–H and O–H groups in total. The number of benzene rings is 1. The van der Waals surface area contributed by atoms with Crippen LogP contribution in [0.25, 0.3) is 0 Å². The van der Waals surface area contributed by atoms with Gasteiger partial charge in [-0.25, -0.2) is 17.5 Å². The van der Waals surface area contributed by atoms with Crippen LogP contribution >= 0.6 is 11.8 Å². The number of carbonyl (C=O) groups is 1. The van der Waals surface area contributed by atoms with Gasteiger partial charge in [0.1, 0.15) is 5.82 Å². The van der Waals surface area contributed by atoms with Crippen LogP contribution < -0.4 is 5.84 Å². The van der Waals surface area contributed by atoms with E-state index in [-0.39, 0.29) is 35.7 Å². The zero-order chi connectivity index (χ0) is 20.5. The summed E-state index contributed by atoms with van der Waals surface area (Å²) in [5.41, 5.74) is 0.449. The highest BCUT2D eigenvalue weighted by Crippen LogP contribution is 2.25. The summed E-state index contributed by atoms with van der Waals surface area (Å²) in [6.45, 7) is 1.71. The molecule has 0 radical (unpaired) electrons. The van der Waals surface area contributed by atoms with E-state index in [1.165, 1.54) is 15.6 Å². The molecule has 2 aromatic rings. The molecule has 8 nitrogen and oxygen atoms in total. The summed E-state index contributed by atoms with van der Waals surface area (Å²) in [5, 5.41) is 7.81. The fourth-order valence-electron chi connectivity index (χ4n) is 3.08. The summed E-state index contributed by atoms with van der Waals surface area (Å²) in [6, 6.07) is 6.03. The molecule has 1 aromatic heterocycles. The minimum atomic E-state index is -3.07. The number of rotatable bonds is 6. The third-order valence-electron chi connectivity index (χ3n) is 4.78. The largest absolute Gasteiger partial charge is 0.341 e. The lowest BCUT2D eigenvalue weighted by Crippen LogP contribution is -2.41. The highest BCUT2D eigenvalue weighted by molar-refractivity contribution is 8.00. The lowest BCUT2D eigenvalue weighted by molar-refractivity contribution is -0.130. The van der Waals surface area contributed by atoms with E-state index < -0.39 is 15.1 Å². The second-order valence-electron chi connectivity index (χ2n) is 6.80. The summed E-state index contributed by atoms with van der Waals surface area (Å²) < 4.78 is 38.4. The Morgan fingerprint density at radius 1 is 1.43 bits per heavy atom. The van der Waals surface area contributed by atoms with Gasteiger partial charge < -0.3 is 10.7 Å². The molecule has 0 aliphatic carbocycles. The van der Waals surface area contributed by atoms with Crippen molar-refractivity contribution in [3.8, 4) is 0 Å². The molecule has 28 heavy (non-hydrogen) atoms. The Balaban J connectivity index is 1.66. The second-order valence-corrected chi connectivity index (χ2v) is 10.3. The monoisotopic (exact) mass is 427 g/mol. The molecule has 0 bridgehead atoms. The maximum atomic E-state index is 13.8. The van der Waals surface area contributed by atoms with Crippen LogP contribution in [0, 0.1) is 5.82 Å². The second kappa shape index (κ2) is 8.08. The molecule has 1 aromatic carbocycles. The summed E-state index contributed by atoms with van der Waals surface area (Å²) in [6.07, 6.45) is 0.626. The molecular weight excluding hydrogens is 405 g/mol. The zero-order valence-electron chi connectivity index (χ0n) is 15.6. The molecule has 11 heteroatoms. The number of thioether (sulfide) groups is 1. The number of nitrogens with two attached hydrogens (primary N) is 1. The van der Waals surface area contributed by atoms with Crippen molar-refractivity contribution in [2.45, 2.75) is 36.2 Å². The molecule has 1 aliphatic rings. The van der Waals surface area contributed by atoms with Crippen molar-refractivity contribution in [3.63, 3.8) is 0 Å². The molecule has 0 unspecified atom stereocenters. The first kappa shape index (κ1) is 20.6. The average molecular weight is 428 g/mol. The van der Waals surface area contributed by atoms with Crippen LogP contribution in [-0.4, -0.2) is 63.9 Å². The van der Waals surface area contributed by atoms with E-state index in [0.29, 0.717) is 23.0 Å². The highest BCUT2D eigenvalue weighted by atomic mass is 32.2. The molecule has 3 rings (SSSR count). The predicted molar refractivity (Wildman–Crippen MR) is 105 cm³/mol. The van der Waals surface area contributed by atoms with Gasteiger partial charge in [-0.15, -0.1) is 10.2 Å². The van der Waals surface area contributed by atoms with Gasteiger partial charge in [-0.2, -0.15) is 0 Å². The Kier molecular flexibility index (Phi) is 5.94. The molecule has 1 fully saturated rings. The Hall–Kier alpha value is -2.14. The van der Waals surface area contributed by atoms with Crippen molar-refractivity contribution in [2.24, 2.45) is 0 Å². The van der Waals surface area contributed by atoms with Crippen LogP contribution in [0.15, 0.2) is 29.4 Å². The van der Waals surface area contributed by atoms with Gasteiger partial charge in [0.05, 0.1) is 16.8 Å². The van der Waals surface area contributed by atoms with Crippen molar-refractivity contribution in [1.82, 2.24) is 19.8 Å². The summed E-state index contributed by atoms with van der Waals surface area (Å²) in [4.78, 5) is 14.1. The highest BCUT2D eigenvalue weighted by Gasteiger charge is 2.34. The topological polar surface area (TPSA) is 111 Å². The quantitative estimate of drug-likeness (QED) is 0.537. The van der Waals surface area contributed by atoms with Gasteiger partial charge in [0.2, 0.25) is 11.1 Å². The van der Waals surface area contributed by atoms with Crippen LogP contribution in [0.2, 0.25) is 0 Å². The number of sulfone groups is 1. The van der Waals surface area contributed by atoms with Crippen molar-refractivity contribution >= 4 is 27.5 Å². The molecule has 0 spiro atoms. The first-order chi connectivity index (χ1) is 13.2. The number of amides is 1. The van der Waals surface area contributed by atoms with Gasteiger partial charge in [0.25, 0.3) is 0 Å². The molecule has 1 saturated heterocycles. The third-order valence-corrected chi connectivity index (χ3v) is 7.57. The van der Waals surface area contributed by atoms with Crippen LogP contribution in [0.1, 0.15) is 24.7 Å². The lowest BCUT2D eigenvalue weighted by atomic mass is 10.1. The number of nitrogen functional groups attached to an aromatic ring is 1. The van der Waals surface area contributed by atoms with Crippen molar-refractivity contribution in [2.75, 3.05) is 24.4 Å². The third kappa shape index (κ3) is 4.46. The van der Waals surface area contributed by atoms with Crippen molar-refractivity contribution < 1.29 is 17.6 Å².